The van der Waals surface area contributed by atoms with Crippen molar-refractivity contribution in [2.24, 2.45) is 0 Å². The van der Waals surface area contributed by atoms with Crippen LogP contribution in [0.4, 0.5) is 18.9 Å². The summed E-state index contributed by atoms with van der Waals surface area (Å²) in [6, 6.07) is 5.88. The third-order valence-electron chi connectivity index (χ3n) is 4.58. The Morgan fingerprint density at radius 2 is 1.89 bits per heavy atom. The molecule has 1 fully saturated rings. The van der Waals surface area contributed by atoms with Crippen molar-refractivity contribution in [1.82, 2.24) is 10.6 Å². The van der Waals surface area contributed by atoms with Crippen molar-refractivity contribution in [3.8, 4) is 0 Å². The highest BCUT2D eigenvalue weighted by atomic mass is 19.2. The second-order valence-electron chi connectivity index (χ2n) is 6.27. The van der Waals surface area contributed by atoms with Crippen LogP contribution in [0.5, 0.6) is 0 Å². The van der Waals surface area contributed by atoms with Gasteiger partial charge in [-0.3, -0.25) is 14.9 Å². The van der Waals surface area contributed by atoms with E-state index < -0.39 is 40.0 Å². The van der Waals surface area contributed by atoms with Gasteiger partial charge in [-0.25, -0.2) is 13.2 Å². The molecule has 1 aliphatic heterocycles. The maximum atomic E-state index is 14.1. The minimum Gasteiger partial charge on any atom is -0.347 e. The summed E-state index contributed by atoms with van der Waals surface area (Å²) in [6.45, 7) is 0.992. The van der Waals surface area contributed by atoms with Gasteiger partial charge in [-0.15, -0.1) is 0 Å². The molecule has 0 saturated carbocycles. The molecule has 0 radical (unpaired) electrons. The number of halogens is 3. The summed E-state index contributed by atoms with van der Waals surface area (Å²) in [5.74, 6) is -3.95. The summed E-state index contributed by atoms with van der Waals surface area (Å²) < 4.78 is 40.8. The molecule has 2 N–H and O–H groups in total. The highest BCUT2D eigenvalue weighted by Gasteiger charge is 2.29. The van der Waals surface area contributed by atoms with Crippen LogP contribution < -0.4 is 10.6 Å². The Kier molecular flexibility index (Phi) is 5.41. The molecule has 2 unspecified atom stereocenters. The zero-order chi connectivity index (χ0) is 19.6. The number of hydrogen-bond acceptors (Lipinski definition) is 4. The Balaban J connectivity index is 1.80. The van der Waals surface area contributed by atoms with Crippen molar-refractivity contribution in [3.63, 3.8) is 0 Å². The van der Waals surface area contributed by atoms with Crippen LogP contribution in [0.1, 0.15) is 28.3 Å². The number of benzene rings is 2. The molecule has 27 heavy (non-hydrogen) atoms. The maximum Gasteiger partial charge on any atom is 0.272 e. The summed E-state index contributed by atoms with van der Waals surface area (Å²) in [5, 5.41) is 16.4. The lowest BCUT2D eigenvalue weighted by molar-refractivity contribution is -0.385. The molecule has 1 heterocycles. The van der Waals surface area contributed by atoms with Gasteiger partial charge in [0, 0.05) is 24.6 Å². The summed E-state index contributed by atoms with van der Waals surface area (Å²) >= 11 is 0. The molecular weight excluding hydrogens is 363 g/mol. The Labute approximate surface area is 152 Å². The fourth-order valence-electron chi connectivity index (χ4n) is 3.20. The Morgan fingerprint density at radius 3 is 2.56 bits per heavy atom. The number of nitrogens with zero attached hydrogens (tertiary/aromatic N) is 1. The number of piperidine rings is 1. The quantitative estimate of drug-likeness (QED) is 0.632. The molecule has 1 saturated heterocycles. The zero-order valence-electron chi connectivity index (χ0n) is 14.0. The minimum atomic E-state index is -1.00. The first-order valence-electron chi connectivity index (χ1n) is 8.27. The van der Waals surface area contributed by atoms with E-state index in [1.54, 1.807) is 0 Å². The molecule has 2 aromatic rings. The number of amides is 1. The van der Waals surface area contributed by atoms with Gasteiger partial charge >= 0.3 is 0 Å². The van der Waals surface area contributed by atoms with Crippen molar-refractivity contribution < 1.29 is 22.9 Å². The van der Waals surface area contributed by atoms with Gasteiger partial charge in [0.25, 0.3) is 11.6 Å². The predicted molar refractivity (Wildman–Crippen MR) is 90.9 cm³/mol. The molecule has 0 aromatic heterocycles. The van der Waals surface area contributed by atoms with Gasteiger partial charge in [-0.1, -0.05) is 6.07 Å². The topological polar surface area (TPSA) is 84.3 Å². The van der Waals surface area contributed by atoms with Crippen LogP contribution in [0.25, 0.3) is 0 Å². The smallest absolute Gasteiger partial charge is 0.272 e. The molecule has 2 atom stereocenters. The van der Waals surface area contributed by atoms with E-state index in [0.717, 1.165) is 24.3 Å². The lowest BCUT2D eigenvalue weighted by atomic mass is 9.85. The molecule has 1 amide bonds. The molecule has 0 spiro atoms. The van der Waals surface area contributed by atoms with E-state index in [9.17, 15) is 28.1 Å². The van der Waals surface area contributed by atoms with E-state index in [0.29, 0.717) is 31.1 Å². The van der Waals surface area contributed by atoms with Gasteiger partial charge in [0.2, 0.25) is 0 Å². The van der Waals surface area contributed by atoms with Crippen LogP contribution in [-0.4, -0.2) is 30.0 Å². The van der Waals surface area contributed by atoms with Crippen LogP contribution in [0.3, 0.4) is 0 Å². The molecule has 9 heteroatoms. The van der Waals surface area contributed by atoms with Gasteiger partial charge in [-0.05, 0) is 36.7 Å². The molecule has 0 aliphatic carbocycles. The van der Waals surface area contributed by atoms with Gasteiger partial charge in [0.1, 0.15) is 5.82 Å². The van der Waals surface area contributed by atoms with Crippen molar-refractivity contribution >= 4 is 11.6 Å². The van der Waals surface area contributed by atoms with E-state index in [2.05, 4.69) is 10.6 Å². The highest BCUT2D eigenvalue weighted by Crippen LogP contribution is 2.27. The van der Waals surface area contributed by atoms with Crippen LogP contribution in [0.2, 0.25) is 0 Å². The van der Waals surface area contributed by atoms with Crippen LogP contribution >= 0.6 is 0 Å². The molecule has 3 rings (SSSR count). The predicted octanol–water partition coefficient (Wildman–Crippen LogP) is 2.89. The molecule has 142 valence electrons. The Morgan fingerprint density at radius 1 is 1.11 bits per heavy atom. The van der Waals surface area contributed by atoms with E-state index in [-0.39, 0.29) is 11.5 Å². The summed E-state index contributed by atoms with van der Waals surface area (Å²) in [6.07, 6.45) is 0.568. The van der Waals surface area contributed by atoms with Crippen LogP contribution in [0, 0.1) is 27.6 Å². The van der Waals surface area contributed by atoms with Crippen molar-refractivity contribution in [2.45, 2.75) is 18.4 Å². The highest BCUT2D eigenvalue weighted by molar-refractivity contribution is 5.95. The SMILES string of the molecule is O=C(NC1CNCCC1c1ccc(F)c(F)c1)c1ccc([N+](=O)[O-])cc1F. The van der Waals surface area contributed by atoms with Crippen molar-refractivity contribution in [3.05, 3.63) is 75.1 Å². The number of nitro groups is 1. The number of hydrogen-bond donors (Lipinski definition) is 2. The number of nitro benzene ring substituents is 1. The first kappa shape index (κ1) is 18.8. The van der Waals surface area contributed by atoms with Gasteiger partial charge in [0.15, 0.2) is 11.6 Å². The lowest BCUT2D eigenvalue weighted by Gasteiger charge is -2.33. The summed E-state index contributed by atoms with van der Waals surface area (Å²) in [5.41, 5.74) is -0.247. The fraction of sp³-hybridized carbons (Fsp3) is 0.278. The third-order valence-corrected chi connectivity index (χ3v) is 4.58. The largest absolute Gasteiger partial charge is 0.347 e. The second kappa shape index (κ2) is 7.75. The van der Waals surface area contributed by atoms with Gasteiger partial charge < -0.3 is 10.6 Å². The fourth-order valence-corrected chi connectivity index (χ4v) is 3.20. The number of nitrogens with one attached hydrogen (secondary N) is 2. The summed E-state index contributed by atoms with van der Waals surface area (Å²) in [4.78, 5) is 22.4. The van der Waals surface area contributed by atoms with E-state index in [1.807, 2.05) is 0 Å². The van der Waals surface area contributed by atoms with Gasteiger partial charge in [0.05, 0.1) is 16.6 Å². The Bertz CT molecular complexity index is 891. The lowest BCUT2D eigenvalue weighted by Crippen LogP contribution is -2.50. The van der Waals surface area contributed by atoms with Gasteiger partial charge in [-0.2, -0.15) is 0 Å². The molecule has 6 nitrogen and oxygen atoms in total. The average molecular weight is 379 g/mol. The summed E-state index contributed by atoms with van der Waals surface area (Å²) in [7, 11) is 0. The molecule has 1 aliphatic rings. The van der Waals surface area contributed by atoms with E-state index in [4.69, 9.17) is 0 Å². The van der Waals surface area contributed by atoms with Crippen molar-refractivity contribution in [1.29, 1.82) is 0 Å². The van der Waals surface area contributed by atoms with Crippen LogP contribution in [0.15, 0.2) is 36.4 Å². The number of carbonyl (C=O) groups is 1. The van der Waals surface area contributed by atoms with E-state index in [1.165, 1.54) is 6.07 Å². The van der Waals surface area contributed by atoms with Crippen molar-refractivity contribution in [2.75, 3.05) is 13.1 Å². The Hall–Kier alpha value is -2.94. The number of non-ortho nitro benzene ring substituents is 1. The average Bonchev–Trinajstić information content (AvgIpc) is 2.64. The molecule has 2 aromatic carbocycles. The maximum absolute atomic E-state index is 14.1. The molecule has 0 bridgehead atoms. The van der Waals surface area contributed by atoms with E-state index >= 15 is 0 Å². The normalized spacial score (nSPS) is 19.5. The van der Waals surface area contributed by atoms with Crippen LogP contribution in [-0.2, 0) is 0 Å². The number of rotatable bonds is 4. The molecular formula is C18H16F3N3O3. The first-order chi connectivity index (χ1) is 12.9. The third kappa shape index (κ3) is 4.08. The minimum absolute atomic E-state index is 0.286. The monoisotopic (exact) mass is 379 g/mol. The zero-order valence-corrected chi connectivity index (χ0v) is 14.0. The first-order valence-corrected chi connectivity index (χ1v) is 8.27. The second-order valence-corrected chi connectivity index (χ2v) is 6.27. The number of carbonyl (C=O) groups excluding carboxylic acids is 1. The standard InChI is InChI=1S/C18H16F3N3O3/c19-14-4-1-10(7-16(14)21)12-5-6-22-9-17(12)23-18(25)13-3-2-11(24(26)27)8-15(13)20/h1-4,7-8,12,17,22H,5-6,9H2,(H,23,25).